The number of hydrogen-bond donors (Lipinski definition) is 2. The molecule has 118 valence electrons. The monoisotopic (exact) mass is 319 g/mol. The van der Waals surface area contributed by atoms with Crippen LogP contribution in [-0.2, 0) is 13.6 Å². The zero-order chi connectivity index (χ0) is 15.4. The maximum Gasteiger partial charge on any atom is 0.321 e. The maximum absolute atomic E-state index is 11.9. The topological polar surface area (TPSA) is 71.8 Å². The van der Waals surface area contributed by atoms with Crippen LogP contribution in [0, 0.1) is 0 Å². The summed E-state index contributed by atoms with van der Waals surface area (Å²) >= 11 is 1.59. The molecule has 0 bridgehead atoms. The number of rotatable bonds is 4. The SMILES string of the molecule is Cn1nccc1CNC(=O)Nc1ncc(C2CCCCC2)s1. The smallest absolute Gasteiger partial charge is 0.321 e. The first-order chi connectivity index (χ1) is 10.7. The molecule has 6 nitrogen and oxygen atoms in total. The van der Waals surface area contributed by atoms with Gasteiger partial charge in [-0.05, 0) is 24.8 Å². The van der Waals surface area contributed by atoms with Crippen LogP contribution in [0.2, 0.25) is 0 Å². The predicted molar refractivity (Wildman–Crippen MR) is 87.0 cm³/mol. The van der Waals surface area contributed by atoms with Gasteiger partial charge in [-0.25, -0.2) is 9.78 Å². The normalized spacial score (nSPS) is 15.7. The fourth-order valence-corrected chi connectivity index (χ4v) is 3.79. The zero-order valence-corrected chi connectivity index (χ0v) is 13.5. The van der Waals surface area contributed by atoms with E-state index in [9.17, 15) is 4.79 Å². The molecule has 0 radical (unpaired) electrons. The highest BCUT2D eigenvalue weighted by Crippen LogP contribution is 2.36. The lowest BCUT2D eigenvalue weighted by Gasteiger charge is -2.19. The van der Waals surface area contributed by atoms with Gasteiger partial charge in [0.1, 0.15) is 0 Å². The van der Waals surface area contributed by atoms with Crippen molar-refractivity contribution < 1.29 is 4.79 Å². The minimum atomic E-state index is -0.231. The number of aryl methyl sites for hydroxylation is 1. The molecule has 0 spiro atoms. The molecule has 0 aliphatic heterocycles. The average molecular weight is 319 g/mol. The Morgan fingerprint density at radius 2 is 2.23 bits per heavy atom. The van der Waals surface area contributed by atoms with Gasteiger partial charge in [-0.2, -0.15) is 5.10 Å². The van der Waals surface area contributed by atoms with E-state index in [1.54, 1.807) is 22.2 Å². The van der Waals surface area contributed by atoms with Crippen molar-refractivity contribution in [2.24, 2.45) is 7.05 Å². The van der Waals surface area contributed by atoms with Gasteiger partial charge in [0, 0.05) is 24.3 Å². The highest BCUT2D eigenvalue weighted by Gasteiger charge is 2.18. The Balaban J connectivity index is 1.51. The molecule has 2 N–H and O–H groups in total. The summed E-state index contributed by atoms with van der Waals surface area (Å²) in [6.07, 6.45) is 10.1. The van der Waals surface area contributed by atoms with Gasteiger partial charge in [-0.3, -0.25) is 10.00 Å². The Labute approximate surface area is 133 Å². The fraction of sp³-hybridized carbons (Fsp3) is 0.533. The number of urea groups is 1. The summed E-state index contributed by atoms with van der Waals surface area (Å²) in [5.41, 5.74) is 0.956. The molecule has 0 aromatic carbocycles. The number of carbonyl (C=O) groups is 1. The van der Waals surface area contributed by atoms with Crippen LogP contribution in [0.25, 0.3) is 0 Å². The van der Waals surface area contributed by atoms with E-state index < -0.39 is 0 Å². The van der Waals surface area contributed by atoms with Crippen LogP contribution >= 0.6 is 11.3 Å². The van der Waals surface area contributed by atoms with E-state index in [1.807, 2.05) is 19.3 Å². The Hall–Kier alpha value is -1.89. The third-order valence-corrected chi connectivity index (χ3v) is 5.18. The number of nitrogens with one attached hydrogen (secondary N) is 2. The second kappa shape index (κ2) is 6.91. The van der Waals surface area contributed by atoms with E-state index in [1.165, 1.54) is 37.0 Å². The average Bonchev–Trinajstić information content (AvgIpc) is 3.15. The van der Waals surface area contributed by atoms with Gasteiger partial charge in [0.05, 0.1) is 12.2 Å². The molecule has 2 heterocycles. The van der Waals surface area contributed by atoms with E-state index in [2.05, 4.69) is 20.7 Å². The Morgan fingerprint density at radius 1 is 1.41 bits per heavy atom. The first-order valence-electron chi connectivity index (χ1n) is 7.70. The van der Waals surface area contributed by atoms with Crippen LogP contribution in [-0.4, -0.2) is 20.8 Å². The molecule has 1 aliphatic rings. The molecule has 1 aliphatic carbocycles. The quantitative estimate of drug-likeness (QED) is 0.908. The maximum atomic E-state index is 11.9. The van der Waals surface area contributed by atoms with Gasteiger partial charge in [-0.1, -0.05) is 19.3 Å². The molecular weight excluding hydrogens is 298 g/mol. The van der Waals surface area contributed by atoms with Crippen LogP contribution in [0.15, 0.2) is 18.5 Å². The molecule has 1 saturated carbocycles. The van der Waals surface area contributed by atoms with Crippen molar-refractivity contribution in [3.8, 4) is 0 Å². The number of amides is 2. The van der Waals surface area contributed by atoms with E-state index >= 15 is 0 Å². The van der Waals surface area contributed by atoms with E-state index in [0.717, 1.165) is 5.69 Å². The molecule has 0 atom stereocenters. The van der Waals surface area contributed by atoms with Gasteiger partial charge in [0.2, 0.25) is 0 Å². The lowest BCUT2D eigenvalue weighted by molar-refractivity contribution is 0.251. The molecule has 2 aromatic rings. The van der Waals surface area contributed by atoms with E-state index in [-0.39, 0.29) is 6.03 Å². The van der Waals surface area contributed by atoms with Crippen molar-refractivity contribution in [1.29, 1.82) is 0 Å². The lowest BCUT2D eigenvalue weighted by atomic mass is 9.89. The standard InChI is InChI=1S/C15H21N5OS/c1-20-12(7-8-18-20)9-16-14(21)19-15-17-10-13(22-15)11-5-3-2-4-6-11/h7-8,10-11H,2-6,9H2,1H3,(H2,16,17,19,21). The zero-order valence-electron chi connectivity index (χ0n) is 12.7. The summed E-state index contributed by atoms with van der Waals surface area (Å²) < 4.78 is 1.74. The Morgan fingerprint density at radius 3 is 2.95 bits per heavy atom. The highest BCUT2D eigenvalue weighted by molar-refractivity contribution is 7.15. The second-order valence-corrected chi connectivity index (χ2v) is 6.72. The summed E-state index contributed by atoms with van der Waals surface area (Å²) in [4.78, 5) is 17.5. The number of aromatic nitrogens is 3. The van der Waals surface area contributed by atoms with E-state index in [4.69, 9.17) is 0 Å². The third-order valence-electron chi connectivity index (χ3n) is 4.10. The lowest BCUT2D eigenvalue weighted by Crippen LogP contribution is -2.28. The van der Waals surface area contributed by atoms with Gasteiger partial charge < -0.3 is 5.32 Å². The minimum absolute atomic E-state index is 0.231. The summed E-state index contributed by atoms with van der Waals surface area (Å²) in [5.74, 6) is 0.624. The van der Waals surface area contributed by atoms with Crippen LogP contribution in [0.5, 0.6) is 0 Å². The molecule has 2 aromatic heterocycles. The van der Waals surface area contributed by atoms with Crippen LogP contribution in [0.3, 0.4) is 0 Å². The van der Waals surface area contributed by atoms with Gasteiger partial charge in [0.15, 0.2) is 5.13 Å². The predicted octanol–water partition coefficient (Wildman–Crippen LogP) is 3.25. The molecule has 0 saturated heterocycles. The van der Waals surface area contributed by atoms with E-state index in [0.29, 0.717) is 17.6 Å². The first kappa shape index (κ1) is 15.0. The largest absolute Gasteiger partial charge is 0.332 e. The highest BCUT2D eigenvalue weighted by atomic mass is 32.1. The van der Waals surface area contributed by atoms with Gasteiger partial charge in [-0.15, -0.1) is 11.3 Å². The Kier molecular flexibility index (Phi) is 4.72. The molecule has 0 unspecified atom stereocenters. The number of hydrogen-bond acceptors (Lipinski definition) is 4. The number of nitrogens with zero attached hydrogens (tertiary/aromatic N) is 3. The molecule has 7 heteroatoms. The summed E-state index contributed by atoms with van der Waals surface area (Å²) in [6.45, 7) is 0.448. The van der Waals surface area contributed by atoms with Crippen LogP contribution in [0.1, 0.15) is 48.6 Å². The van der Waals surface area contributed by atoms with Crippen molar-refractivity contribution in [3.05, 3.63) is 29.0 Å². The van der Waals surface area contributed by atoms with Crippen LogP contribution < -0.4 is 10.6 Å². The van der Waals surface area contributed by atoms with Crippen molar-refractivity contribution in [2.45, 2.75) is 44.6 Å². The Bertz CT molecular complexity index is 629. The van der Waals surface area contributed by atoms with Crippen molar-refractivity contribution in [2.75, 3.05) is 5.32 Å². The summed E-state index contributed by atoms with van der Waals surface area (Å²) in [7, 11) is 1.85. The van der Waals surface area contributed by atoms with Gasteiger partial charge >= 0.3 is 6.03 Å². The molecule has 2 amide bonds. The molecular formula is C15H21N5OS. The summed E-state index contributed by atoms with van der Waals surface area (Å²) in [6, 6.07) is 1.65. The van der Waals surface area contributed by atoms with Crippen molar-refractivity contribution in [3.63, 3.8) is 0 Å². The number of carbonyl (C=O) groups excluding carboxylic acids is 1. The third kappa shape index (κ3) is 3.65. The molecule has 22 heavy (non-hydrogen) atoms. The van der Waals surface area contributed by atoms with Crippen LogP contribution in [0.4, 0.5) is 9.93 Å². The molecule has 3 rings (SSSR count). The first-order valence-corrected chi connectivity index (χ1v) is 8.51. The van der Waals surface area contributed by atoms with Crippen molar-refractivity contribution in [1.82, 2.24) is 20.1 Å². The number of anilines is 1. The summed E-state index contributed by atoms with van der Waals surface area (Å²) in [5, 5.41) is 10.4. The fourth-order valence-electron chi connectivity index (χ4n) is 2.81. The van der Waals surface area contributed by atoms with Crippen molar-refractivity contribution >= 4 is 22.5 Å². The van der Waals surface area contributed by atoms with Gasteiger partial charge in [0.25, 0.3) is 0 Å². The number of thiazole rings is 1. The second-order valence-electron chi connectivity index (χ2n) is 5.66. The molecule has 1 fully saturated rings. The minimum Gasteiger partial charge on any atom is -0.332 e.